The zero-order valence-electron chi connectivity index (χ0n) is 15.0. The summed E-state index contributed by atoms with van der Waals surface area (Å²) in [6.45, 7) is 0. The Morgan fingerprint density at radius 1 is 1.07 bits per heavy atom. The topological polar surface area (TPSA) is 53.9 Å². The third-order valence-corrected chi connectivity index (χ3v) is 6.40. The molecule has 2 unspecified atom stereocenters. The van der Waals surface area contributed by atoms with Crippen LogP contribution in [0, 0.1) is 0 Å². The van der Waals surface area contributed by atoms with Gasteiger partial charge >= 0.3 is 0 Å². The summed E-state index contributed by atoms with van der Waals surface area (Å²) in [5, 5.41) is 6.83. The minimum Gasteiger partial charge on any atom is -0.304 e. The van der Waals surface area contributed by atoms with Crippen LogP contribution >= 0.6 is 11.3 Å². The number of benzene rings is 1. The summed E-state index contributed by atoms with van der Waals surface area (Å²) >= 11 is 1.74. The number of pyridine rings is 1. The number of fused-ring (bicyclic) bond motifs is 2. The Balaban J connectivity index is 1.32. The van der Waals surface area contributed by atoms with Crippen LogP contribution < -0.4 is 15.2 Å². The first-order chi connectivity index (χ1) is 13.9. The van der Waals surface area contributed by atoms with Gasteiger partial charge in [-0.25, -0.2) is 9.97 Å². The highest BCUT2D eigenvalue weighted by Gasteiger charge is 2.43. The molecule has 0 radical (unpaired) electrons. The number of thiophene rings is 1. The Bertz CT molecular complexity index is 1300. The van der Waals surface area contributed by atoms with E-state index in [4.69, 9.17) is 4.98 Å². The van der Waals surface area contributed by atoms with E-state index in [2.05, 4.69) is 68.5 Å². The molecule has 4 heterocycles. The second-order valence-electron chi connectivity index (χ2n) is 7.20. The summed E-state index contributed by atoms with van der Waals surface area (Å²) in [6, 6.07) is 13.1. The van der Waals surface area contributed by atoms with E-state index >= 15 is 0 Å². The van der Waals surface area contributed by atoms with Crippen molar-refractivity contribution in [2.24, 2.45) is 0 Å². The van der Waals surface area contributed by atoms with Crippen molar-refractivity contribution in [2.75, 3.05) is 0 Å². The van der Waals surface area contributed by atoms with Crippen LogP contribution in [0.1, 0.15) is 18.0 Å². The van der Waals surface area contributed by atoms with Gasteiger partial charge in [-0.3, -0.25) is 9.99 Å². The molecule has 3 aromatic heterocycles. The van der Waals surface area contributed by atoms with E-state index in [0.29, 0.717) is 12.0 Å². The van der Waals surface area contributed by atoms with Crippen LogP contribution in [-0.2, 0) is 0 Å². The molecule has 0 saturated heterocycles. The molecule has 1 aliphatic carbocycles. The fourth-order valence-electron chi connectivity index (χ4n) is 3.88. The average molecular weight is 383 g/mol. The lowest BCUT2D eigenvalue weighted by atomic mass is 10.1. The molecule has 136 valence electrons. The van der Waals surface area contributed by atoms with Crippen molar-refractivity contribution in [3.63, 3.8) is 0 Å². The first kappa shape index (κ1) is 15.8. The van der Waals surface area contributed by atoms with Crippen molar-refractivity contribution in [3.05, 3.63) is 75.9 Å². The van der Waals surface area contributed by atoms with E-state index in [1.54, 1.807) is 17.7 Å². The minimum absolute atomic E-state index is 0.415. The van der Waals surface area contributed by atoms with Gasteiger partial charge in [0.15, 0.2) is 0 Å². The summed E-state index contributed by atoms with van der Waals surface area (Å²) in [5.41, 5.74) is 7.92. The number of aromatic nitrogens is 3. The Labute approximate surface area is 165 Å². The van der Waals surface area contributed by atoms with Gasteiger partial charge in [-0.05, 0) is 18.6 Å². The van der Waals surface area contributed by atoms with Crippen LogP contribution in [0.5, 0.6) is 0 Å². The van der Waals surface area contributed by atoms with Crippen molar-refractivity contribution >= 4 is 34.6 Å². The number of rotatable bonds is 3. The quantitative estimate of drug-likeness (QED) is 0.589. The summed E-state index contributed by atoms with van der Waals surface area (Å²) in [6.07, 6.45) is 10.7. The number of nitrogens with zero attached hydrogens (tertiary/aromatic N) is 4. The molecule has 6 rings (SSSR count). The van der Waals surface area contributed by atoms with E-state index in [1.807, 2.05) is 18.5 Å². The first-order valence-electron chi connectivity index (χ1n) is 9.32. The lowest BCUT2D eigenvalue weighted by Gasteiger charge is -2.22. The average Bonchev–Trinajstić information content (AvgIpc) is 3.45. The zero-order chi connectivity index (χ0) is 18.5. The Morgan fingerprint density at radius 3 is 2.89 bits per heavy atom. The molecule has 4 aromatic rings. The van der Waals surface area contributed by atoms with E-state index in [-0.39, 0.29) is 0 Å². The van der Waals surface area contributed by atoms with Crippen molar-refractivity contribution in [1.82, 2.24) is 25.4 Å². The van der Waals surface area contributed by atoms with Gasteiger partial charge in [0.2, 0.25) is 0 Å². The van der Waals surface area contributed by atoms with Crippen LogP contribution in [-0.4, -0.2) is 26.0 Å². The van der Waals surface area contributed by atoms with Gasteiger partial charge in [-0.1, -0.05) is 24.3 Å². The largest absolute Gasteiger partial charge is 0.304 e. The smallest absolute Gasteiger partial charge is 0.115 e. The van der Waals surface area contributed by atoms with Gasteiger partial charge in [-0.15, -0.1) is 11.3 Å². The van der Waals surface area contributed by atoms with Gasteiger partial charge in [0.1, 0.15) is 6.33 Å². The maximum Gasteiger partial charge on any atom is 0.115 e. The monoisotopic (exact) mass is 383 g/mol. The molecule has 0 amide bonds. The van der Waals surface area contributed by atoms with Crippen molar-refractivity contribution in [2.45, 2.75) is 18.4 Å². The SMILES string of the molecule is C1=c2scc(-c3cncnc3)c2=CN(C2CC2c2ccc3ccccc3n2)N1. The molecule has 28 heavy (non-hydrogen) atoms. The number of nitrogens with one attached hydrogen (secondary N) is 1. The molecule has 1 aromatic carbocycles. The lowest BCUT2D eigenvalue weighted by molar-refractivity contribution is 0.344. The van der Waals surface area contributed by atoms with E-state index < -0.39 is 0 Å². The van der Waals surface area contributed by atoms with Crippen molar-refractivity contribution in [3.8, 4) is 11.1 Å². The maximum atomic E-state index is 4.89. The molecule has 0 bridgehead atoms. The summed E-state index contributed by atoms with van der Waals surface area (Å²) in [4.78, 5) is 13.2. The third kappa shape index (κ3) is 2.57. The molecule has 2 aliphatic rings. The summed E-state index contributed by atoms with van der Waals surface area (Å²) in [7, 11) is 0. The fraction of sp³-hybridized carbons (Fsp3) is 0.136. The second-order valence-corrected chi connectivity index (χ2v) is 8.11. The van der Waals surface area contributed by atoms with Crippen LogP contribution in [0.15, 0.2) is 60.5 Å². The normalized spacial score (nSPS) is 20.1. The maximum absolute atomic E-state index is 4.89. The number of hydrogen-bond acceptors (Lipinski definition) is 6. The minimum atomic E-state index is 0.415. The molecule has 2 atom stereocenters. The predicted molar refractivity (Wildman–Crippen MR) is 111 cm³/mol. The Hall–Kier alpha value is -3.25. The summed E-state index contributed by atoms with van der Waals surface area (Å²) < 4.78 is 1.23. The Morgan fingerprint density at radius 2 is 1.96 bits per heavy atom. The van der Waals surface area contributed by atoms with Gasteiger partial charge in [0, 0.05) is 63.5 Å². The number of hydrogen-bond donors (Lipinski definition) is 1. The Kier molecular flexibility index (Phi) is 3.46. The molecule has 1 N–H and O–H groups in total. The number of para-hydroxylation sites is 1. The number of hydrazine groups is 1. The van der Waals surface area contributed by atoms with E-state index in [9.17, 15) is 0 Å². The molecule has 0 spiro atoms. The third-order valence-electron chi connectivity index (χ3n) is 5.46. The molecule has 1 saturated carbocycles. The fourth-order valence-corrected chi connectivity index (χ4v) is 4.80. The first-order valence-corrected chi connectivity index (χ1v) is 10.2. The van der Waals surface area contributed by atoms with Gasteiger partial charge in [0.05, 0.1) is 16.1 Å². The van der Waals surface area contributed by atoms with Gasteiger partial charge in [0.25, 0.3) is 0 Å². The molecule has 6 heteroatoms. The van der Waals surface area contributed by atoms with E-state index in [0.717, 1.165) is 17.5 Å². The molecule has 5 nitrogen and oxygen atoms in total. The molecule has 1 aliphatic heterocycles. The lowest BCUT2D eigenvalue weighted by Crippen LogP contribution is -2.42. The van der Waals surface area contributed by atoms with E-state index in [1.165, 1.54) is 26.4 Å². The van der Waals surface area contributed by atoms with Crippen molar-refractivity contribution < 1.29 is 0 Å². The standard InChI is InChI=1S/C22H17N5S/c1-2-4-19-14(3-1)5-6-20(26-19)16-7-21(16)27-11-17-18(12-28-22(17)10-25-27)15-8-23-13-24-9-15/h1-6,8-13,16,21,25H,7H2. The highest BCUT2D eigenvalue weighted by atomic mass is 32.1. The second kappa shape index (κ2) is 6.14. The zero-order valence-corrected chi connectivity index (χ0v) is 15.8. The summed E-state index contributed by atoms with van der Waals surface area (Å²) in [5.74, 6) is 0.449. The van der Waals surface area contributed by atoms with Crippen molar-refractivity contribution in [1.29, 1.82) is 0 Å². The van der Waals surface area contributed by atoms with Gasteiger partial charge < -0.3 is 5.43 Å². The van der Waals surface area contributed by atoms with Crippen LogP contribution in [0.4, 0.5) is 0 Å². The predicted octanol–water partition coefficient (Wildman–Crippen LogP) is 2.61. The van der Waals surface area contributed by atoms with Crippen LogP contribution in [0.2, 0.25) is 0 Å². The van der Waals surface area contributed by atoms with Crippen LogP contribution in [0.25, 0.3) is 34.4 Å². The highest BCUT2D eigenvalue weighted by molar-refractivity contribution is 7.08. The van der Waals surface area contributed by atoms with Gasteiger partial charge in [-0.2, -0.15) is 0 Å². The molecule has 1 fully saturated rings. The molecular formula is C22H17N5S. The molecular weight excluding hydrogens is 366 g/mol. The van der Waals surface area contributed by atoms with Crippen LogP contribution in [0.3, 0.4) is 0 Å². The highest BCUT2D eigenvalue weighted by Crippen LogP contribution is 2.44.